The van der Waals surface area contributed by atoms with Crippen LogP contribution >= 0.6 is 0 Å². The SMILES string of the molecule is CCCCCOC(CCCCCCC/C=C\CCO)OCCCCC. The average Bonchev–Trinajstić information content (AvgIpc) is 2.63. The van der Waals surface area contributed by atoms with Gasteiger partial charge < -0.3 is 14.6 Å². The van der Waals surface area contributed by atoms with E-state index < -0.39 is 0 Å². The van der Waals surface area contributed by atoms with Crippen molar-refractivity contribution in [3.8, 4) is 0 Å². The van der Waals surface area contributed by atoms with Crippen LogP contribution in [0.1, 0.15) is 104 Å². The first-order valence-electron chi connectivity index (χ1n) is 10.8. The minimum Gasteiger partial charge on any atom is -0.396 e. The third-order valence-corrected chi connectivity index (χ3v) is 4.38. The van der Waals surface area contributed by atoms with E-state index in [0.717, 1.165) is 45.3 Å². The quantitative estimate of drug-likeness (QED) is 0.156. The molecule has 0 heterocycles. The van der Waals surface area contributed by atoms with Crippen LogP contribution in [-0.2, 0) is 9.47 Å². The monoisotopic (exact) mass is 356 g/mol. The molecule has 0 atom stereocenters. The van der Waals surface area contributed by atoms with Crippen molar-refractivity contribution in [3.05, 3.63) is 12.2 Å². The molecule has 0 aliphatic heterocycles. The summed E-state index contributed by atoms with van der Waals surface area (Å²) in [5, 5.41) is 8.70. The molecule has 0 aromatic rings. The lowest BCUT2D eigenvalue weighted by molar-refractivity contribution is -0.148. The number of aliphatic hydroxyl groups excluding tert-OH is 1. The molecule has 0 bridgehead atoms. The van der Waals surface area contributed by atoms with Gasteiger partial charge in [0, 0.05) is 19.8 Å². The van der Waals surface area contributed by atoms with Gasteiger partial charge >= 0.3 is 0 Å². The van der Waals surface area contributed by atoms with Gasteiger partial charge in [0.05, 0.1) is 0 Å². The highest BCUT2D eigenvalue weighted by Gasteiger charge is 2.09. The van der Waals surface area contributed by atoms with E-state index in [0.29, 0.717) is 0 Å². The van der Waals surface area contributed by atoms with E-state index in [1.165, 1.54) is 57.8 Å². The summed E-state index contributed by atoms with van der Waals surface area (Å²) >= 11 is 0. The van der Waals surface area contributed by atoms with E-state index in [2.05, 4.69) is 26.0 Å². The zero-order valence-electron chi connectivity index (χ0n) is 17.0. The van der Waals surface area contributed by atoms with E-state index >= 15 is 0 Å². The van der Waals surface area contributed by atoms with Gasteiger partial charge in [0.15, 0.2) is 6.29 Å². The minimum absolute atomic E-state index is 0.00938. The van der Waals surface area contributed by atoms with Gasteiger partial charge in [0.1, 0.15) is 0 Å². The second kappa shape index (κ2) is 21.7. The molecule has 3 nitrogen and oxygen atoms in total. The number of ether oxygens (including phenoxy) is 2. The molecule has 0 amide bonds. The lowest BCUT2D eigenvalue weighted by Gasteiger charge is -2.18. The summed E-state index contributed by atoms with van der Waals surface area (Å²) < 4.78 is 11.9. The smallest absolute Gasteiger partial charge is 0.157 e. The van der Waals surface area contributed by atoms with E-state index in [4.69, 9.17) is 14.6 Å². The van der Waals surface area contributed by atoms with Gasteiger partial charge in [-0.2, -0.15) is 0 Å². The third kappa shape index (κ3) is 19.8. The Bertz CT molecular complexity index is 254. The predicted molar refractivity (Wildman–Crippen MR) is 108 cm³/mol. The Kier molecular flexibility index (Phi) is 21.3. The molecule has 0 fully saturated rings. The second-order valence-electron chi connectivity index (χ2n) is 6.91. The fourth-order valence-electron chi connectivity index (χ4n) is 2.76. The molecule has 0 radical (unpaired) electrons. The molecule has 1 N–H and O–H groups in total. The number of unbranched alkanes of at least 4 members (excludes halogenated alkanes) is 9. The van der Waals surface area contributed by atoms with E-state index in [1.54, 1.807) is 0 Å². The Morgan fingerprint density at radius 2 is 1.24 bits per heavy atom. The Balaban J connectivity index is 3.66. The number of allylic oxidation sites excluding steroid dienone is 1. The van der Waals surface area contributed by atoms with Gasteiger partial charge in [-0.25, -0.2) is 0 Å². The van der Waals surface area contributed by atoms with Gasteiger partial charge in [0.2, 0.25) is 0 Å². The first-order chi connectivity index (χ1) is 12.3. The predicted octanol–water partition coefficient (Wildman–Crippen LogP) is 6.40. The summed E-state index contributed by atoms with van der Waals surface area (Å²) in [5.41, 5.74) is 0. The van der Waals surface area contributed by atoms with Crippen LogP contribution in [0.25, 0.3) is 0 Å². The number of hydrogen-bond acceptors (Lipinski definition) is 3. The zero-order chi connectivity index (χ0) is 18.4. The van der Waals surface area contributed by atoms with Crippen LogP contribution in [0.4, 0.5) is 0 Å². The van der Waals surface area contributed by atoms with Gasteiger partial charge in [-0.15, -0.1) is 0 Å². The fraction of sp³-hybridized carbons (Fsp3) is 0.909. The Hall–Kier alpha value is -0.380. The first-order valence-corrected chi connectivity index (χ1v) is 10.8. The van der Waals surface area contributed by atoms with Crippen LogP contribution < -0.4 is 0 Å². The second-order valence-corrected chi connectivity index (χ2v) is 6.91. The largest absolute Gasteiger partial charge is 0.396 e. The highest BCUT2D eigenvalue weighted by molar-refractivity contribution is 4.80. The summed E-state index contributed by atoms with van der Waals surface area (Å²) in [6.07, 6.45) is 20.8. The Labute approximate surface area is 157 Å². The molecule has 0 aliphatic carbocycles. The number of hydrogen-bond donors (Lipinski definition) is 1. The van der Waals surface area contributed by atoms with Crippen LogP contribution in [0.2, 0.25) is 0 Å². The molecular weight excluding hydrogens is 312 g/mol. The molecule has 0 aliphatic rings. The van der Waals surface area contributed by atoms with Crippen LogP contribution in [-0.4, -0.2) is 31.2 Å². The lowest BCUT2D eigenvalue weighted by atomic mass is 10.1. The van der Waals surface area contributed by atoms with Crippen LogP contribution in [0.3, 0.4) is 0 Å². The molecule has 0 saturated carbocycles. The number of aliphatic hydroxyl groups is 1. The van der Waals surface area contributed by atoms with E-state index in [-0.39, 0.29) is 12.9 Å². The summed E-state index contributed by atoms with van der Waals surface area (Å²) in [6, 6.07) is 0. The normalized spacial score (nSPS) is 11.8. The molecular formula is C22H44O3. The Morgan fingerprint density at radius 1 is 0.680 bits per heavy atom. The van der Waals surface area contributed by atoms with Crippen molar-refractivity contribution in [2.75, 3.05) is 19.8 Å². The lowest BCUT2D eigenvalue weighted by Crippen LogP contribution is -2.19. The maximum absolute atomic E-state index is 8.70. The molecule has 25 heavy (non-hydrogen) atoms. The van der Waals surface area contributed by atoms with E-state index in [1.807, 2.05) is 0 Å². The van der Waals surface area contributed by atoms with Crippen molar-refractivity contribution in [3.63, 3.8) is 0 Å². The van der Waals surface area contributed by atoms with Crippen LogP contribution in [0.15, 0.2) is 12.2 Å². The summed E-state index contributed by atoms with van der Waals surface area (Å²) in [5.74, 6) is 0. The molecule has 0 spiro atoms. The molecule has 0 aromatic heterocycles. The van der Waals surface area contributed by atoms with Gasteiger partial charge in [-0.3, -0.25) is 0 Å². The van der Waals surface area contributed by atoms with Crippen molar-refractivity contribution < 1.29 is 14.6 Å². The van der Waals surface area contributed by atoms with Crippen molar-refractivity contribution >= 4 is 0 Å². The first kappa shape index (κ1) is 24.6. The minimum atomic E-state index is 0.00938. The number of rotatable bonds is 20. The average molecular weight is 357 g/mol. The maximum atomic E-state index is 8.70. The molecule has 3 heteroatoms. The molecule has 150 valence electrons. The zero-order valence-corrected chi connectivity index (χ0v) is 17.0. The van der Waals surface area contributed by atoms with Gasteiger partial charge in [0.25, 0.3) is 0 Å². The van der Waals surface area contributed by atoms with Crippen LogP contribution in [0, 0.1) is 0 Å². The van der Waals surface area contributed by atoms with E-state index in [9.17, 15) is 0 Å². The molecule has 0 saturated heterocycles. The standard InChI is InChI=1S/C22H44O3/c1-3-5-16-20-24-22(25-21-17-6-4-2)18-14-12-10-8-7-9-11-13-15-19-23/h11,13,22-23H,3-10,12,14-21H2,1-2H3/b13-11-. The highest BCUT2D eigenvalue weighted by Crippen LogP contribution is 2.13. The van der Waals surface area contributed by atoms with Crippen molar-refractivity contribution in [2.45, 2.75) is 110 Å². The van der Waals surface area contributed by atoms with Crippen LogP contribution in [0.5, 0.6) is 0 Å². The summed E-state index contributed by atoms with van der Waals surface area (Å²) in [7, 11) is 0. The third-order valence-electron chi connectivity index (χ3n) is 4.38. The molecule has 0 unspecified atom stereocenters. The van der Waals surface area contributed by atoms with Crippen molar-refractivity contribution in [1.29, 1.82) is 0 Å². The van der Waals surface area contributed by atoms with Gasteiger partial charge in [-0.05, 0) is 44.9 Å². The molecule has 0 aromatic carbocycles. The topological polar surface area (TPSA) is 38.7 Å². The summed E-state index contributed by atoms with van der Waals surface area (Å²) in [4.78, 5) is 0. The molecule has 0 rings (SSSR count). The fourth-order valence-corrected chi connectivity index (χ4v) is 2.76. The van der Waals surface area contributed by atoms with Crippen molar-refractivity contribution in [1.82, 2.24) is 0 Å². The van der Waals surface area contributed by atoms with Gasteiger partial charge in [-0.1, -0.05) is 70.9 Å². The maximum Gasteiger partial charge on any atom is 0.157 e. The highest BCUT2D eigenvalue weighted by atomic mass is 16.7. The Morgan fingerprint density at radius 3 is 1.84 bits per heavy atom. The van der Waals surface area contributed by atoms with Crippen molar-refractivity contribution in [2.24, 2.45) is 0 Å². The summed E-state index contributed by atoms with van der Waals surface area (Å²) in [6.45, 7) is 6.39.